The number of aliphatic hydroxyl groups excluding tert-OH is 1. The van der Waals surface area contributed by atoms with Gasteiger partial charge in [0.15, 0.2) is 0 Å². The van der Waals surface area contributed by atoms with E-state index in [1.54, 1.807) is 12.3 Å². The number of aromatic nitrogens is 3. The number of nitrogens with zero attached hydrogens (tertiary/aromatic N) is 2. The van der Waals surface area contributed by atoms with Gasteiger partial charge in [0.05, 0.1) is 38.1 Å². The van der Waals surface area contributed by atoms with Crippen molar-refractivity contribution in [2.75, 3.05) is 11.1 Å². The predicted octanol–water partition coefficient (Wildman–Crippen LogP) is 3.25. The summed E-state index contributed by atoms with van der Waals surface area (Å²) in [5, 5.41) is 20.9. The summed E-state index contributed by atoms with van der Waals surface area (Å²) in [5.74, 6) is 0.406. The van der Waals surface area contributed by atoms with Crippen molar-refractivity contribution in [3.05, 3.63) is 23.4 Å². The minimum Gasteiger partial charge on any atom is -0.391 e. The summed E-state index contributed by atoms with van der Waals surface area (Å²) in [7, 11) is 0. The lowest BCUT2D eigenvalue weighted by molar-refractivity contribution is 0.172. The van der Waals surface area contributed by atoms with Gasteiger partial charge < -0.3 is 16.2 Å². The Morgan fingerprint density at radius 2 is 2.30 bits per heavy atom. The molecular formula is C15H16ClN5OS. The van der Waals surface area contributed by atoms with Crippen molar-refractivity contribution in [1.82, 2.24) is 15.2 Å². The summed E-state index contributed by atoms with van der Waals surface area (Å²) in [6, 6.07) is 3.71. The first-order valence-electron chi connectivity index (χ1n) is 7.46. The maximum atomic E-state index is 10.1. The molecule has 0 amide bonds. The van der Waals surface area contributed by atoms with Crippen molar-refractivity contribution >= 4 is 44.7 Å². The number of hydrogen-bond acceptors (Lipinski definition) is 6. The third kappa shape index (κ3) is 2.54. The molecule has 8 heteroatoms. The van der Waals surface area contributed by atoms with Crippen molar-refractivity contribution in [2.24, 2.45) is 0 Å². The molecule has 23 heavy (non-hydrogen) atoms. The summed E-state index contributed by atoms with van der Waals surface area (Å²) in [5.41, 5.74) is 8.34. The standard InChI is InChI=1S/C15H16ClN5OS/c16-12-13-15(23-14(12)8-4-5-18-21-8)9(6-11(17)20-13)19-7-2-1-3-10(7)22/h4-7,10,22H,1-3H2,(H,18,21)(H3,17,19,20)/t7-,10+/m1/s1. The topological polar surface area (TPSA) is 99.9 Å². The lowest BCUT2D eigenvalue weighted by Crippen LogP contribution is -2.27. The molecule has 3 aromatic rings. The van der Waals surface area contributed by atoms with Crippen LogP contribution in [0.4, 0.5) is 11.5 Å². The van der Waals surface area contributed by atoms with E-state index >= 15 is 0 Å². The maximum absolute atomic E-state index is 10.1. The summed E-state index contributed by atoms with van der Waals surface area (Å²) in [4.78, 5) is 5.26. The zero-order valence-corrected chi connectivity index (χ0v) is 13.8. The van der Waals surface area contributed by atoms with Crippen molar-refractivity contribution in [1.29, 1.82) is 0 Å². The van der Waals surface area contributed by atoms with Crippen molar-refractivity contribution in [3.8, 4) is 10.6 Å². The van der Waals surface area contributed by atoms with Crippen LogP contribution < -0.4 is 11.1 Å². The molecule has 120 valence electrons. The fourth-order valence-corrected chi connectivity index (χ4v) is 4.53. The number of nitrogens with one attached hydrogen (secondary N) is 2. The molecule has 4 rings (SSSR count). The van der Waals surface area contributed by atoms with Gasteiger partial charge in [-0.1, -0.05) is 11.6 Å². The Morgan fingerprint density at radius 1 is 1.43 bits per heavy atom. The van der Waals surface area contributed by atoms with Crippen molar-refractivity contribution in [2.45, 2.75) is 31.4 Å². The van der Waals surface area contributed by atoms with E-state index < -0.39 is 0 Å². The summed E-state index contributed by atoms with van der Waals surface area (Å²) >= 11 is 8.04. The van der Waals surface area contributed by atoms with Crippen LogP contribution in [0.1, 0.15) is 19.3 Å². The number of H-pyrrole nitrogens is 1. The van der Waals surface area contributed by atoms with Crippen molar-refractivity contribution in [3.63, 3.8) is 0 Å². The van der Waals surface area contributed by atoms with Crippen LogP contribution in [0.5, 0.6) is 0 Å². The van der Waals surface area contributed by atoms with E-state index in [2.05, 4.69) is 20.5 Å². The Kier molecular flexibility index (Phi) is 3.63. The maximum Gasteiger partial charge on any atom is 0.126 e. The smallest absolute Gasteiger partial charge is 0.126 e. The summed E-state index contributed by atoms with van der Waals surface area (Å²) in [6.07, 6.45) is 4.14. The molecule has 0 aliphatic heterocycles. The average Bonchev–Trinajstić information content (AvgIpc) is 3.23. The first-order valence-corrected chi connectivity index (χ1v) is 8.66. The molecule has 3 aromatic heterocycles. The highest BCUT2D eigenvalue weighted by atomic mass is 35.5. The molecule has 0 saturated heterocycles. The van der Waals surface area contributed by atoms with E-state index in [9.17, 15) is 5.11 Å². The van der Waals surface area contributed by atoms with Gasteiger partial charge in [-0.05, 0) is 25.3 Å². The SMILES string of the molecule is Nc1cc(N[C@@H]2CCC[C@@H]2O)c2sc(-c3ccn[nH]3)c(Cl)c2n1. The molecule has 2 atom stereocenters. The lowest BCUT2D eigenvalue weighted by atomic mass is 10.2. The van der Waals surface area contributed by atoms with Crippen LogP contribution in [0.15, 0.2) is 18.3 Å². The number of hydrogen-bond donors (Lipinski definition) is 4. The molecule has 1 saturated carbocycles. The second kappa shape index (κ2) is 5.67. The van der Waals surface area contributed by atoms with Gasteiger partial charge >= 0.3 is 0 Å². The minimum absolute atomic E-state index is 0.0384. The van der Waals surface area contributed by atoms with Gasteiger partial charge in [-0.3, -0.25) is 5.10 Å². The largest absolute Gasteiger partial charge is 0.391 e. The first kappa shape index (κ1) is 14.7. The Bertz CT molecular complexity index is 847. The third-order valence-corrected chi connectivity index (χ3v) is 5.90. The van der Waals surface area contributed by atoms with Crippen LogP contribution in [0.3, 0.4) is 0 Å². The average molecular weight is 350 g/mol. The number of nitrogens with two attached hydrogens (primary N) is 1. The number of fused-ring (bicyclic) bond motifs is 1. The number of rotatable bonds is 3. The zero-order valence-electron chi connectivity index (χ0n) is 12.2. The first-order chi connectivity index (χ1) is 11.1. The predicted molar refractivity (Wildman–Crippen MR) is 93.9 cm³/mol. The van der Waals surface area contributed by atoms with Crippen LogP contribution in [0.25, 0.3) is 20.8 Å². The van der Waals surface area contributed by atoms with Gasteiger partial charge in [-0.2, -0.15) is 5.10 Å². The highest BCUT2D eigenvalue weighted by Crippen LogP contribution is 2.44. The van der Waals surface area contributed by atoms with Crippen LogP contribution in [-0.2, 0) is 0 Å². The van der Waals surface area contributed by atoms with Crippen LogP contribution in [0, 0.1) is 0 Å². The molecular weight excluding hydrogens is 334 g/mol. The molecule has 1 fully saturated rings. The Morgan fingerprint density at radius 3 is 3.00 bits per heavy atom. The zero-order chi connectivity index (χ0) is 16.0. The van der Waals surface area contributed by atoms with Gasteiger partial charge in [-0.15, -0.1) is 11.3 Å². The number of pyridine rings is 1. The minimum atomic E-state index is -0.332. The highest BCUT2D eigenvalue weighted by molar-refractivity contribution is 7.23. The molecule has 0 aromatic carbocycles. The highest BCUT2D eigenvalue weighted by Gasteiger charge is 2.26. The fraction of sp³-hybridized carbons (Fsp3) is 0.333. The molecule has 1 aliphatic carbocycles. The molecule has 6 nitrogen and oxygen atoms in total. The second-order valence-corrected chi connectivity index (χ2v) is 7.14. The molecule has 3 heterocycles. The van der Waals surface area contributed by atoms with Crippen LogP contribution in [-0.4, -0.2) is 32.4 Å². The van der Waals surface area contributed by atoms with Gasteiger partial charge in [-0.25, -0.2) is 4.98 Å². The second-order valence-electron chi connectivity index (χ2n) is 5.74. The summed E-state index contributed by atoms with van der Waals surface area (Å²) in [6.45, 7) is 0. The van der Waals surface area contributed by atoms with E-state index in [1.165, 1.54) is 11.3 Å². The summed E-state index contributed by atoms with van der Waals surface area (Å²) < 4.78 is 0.938. The Balaban J connectivity index is 1.82. The third-order valence-electron chi connectivity index (χ3n) is 4.17. The molecule has 0 spiro atoms. The van der Waals surface area contributed by atoms with Crippen LogP contribution >= 0.6 is 22.9 Å². The van der Waals surface area contributed by atoms with E-state index in [-0.39, 0.29) is 12.1 Å². The fourth-order valence-electron chi connectivity index (χ4n) is 3.03. The number of nitrogen functional groups attached to an aromatic ring is 1. The van der Waals surface area contributed by atoms with E-state index in [4.69, 9.17) is 17.3 Å². The van der Waals surface area contributed by atoms with E-state index in [0.717, 1.165) is 40.2 Å². The molecule has 0 unspecified atom stereocenters. The lowest BCUT2D eigenvalue weighted by Gasteiger charge is -2.18. The monoisotopic (exact) mass is 349 g/mol. The van der Waals surface area contributed by atoms with E-state index in [1.807, 2.05) is 6.07 Å². The van der Waals surface area contributed by atoms with Gasteiger partial charge in [0.25, 0.3) is 0 Å². The van der Waals surface area contributed by atoms with E-state index in [0.29, 0.717) is 16.4 Å². The molecule has 0 radical (unpaired) electrons. The Labute approximate surface area is 141 Å². The van der Waals surface area contributed by atoms with Crippen molar-refractivity contribution < 1.29 is 5.11 Å². The number of aliphatic hydroxyl groups is 1. The number of thiophene rings is 1. The number of anilines is 2. The molecule has 1 aliphatic rings. The quantitative estimate of drug-likeness (QED) is 0.581. The van der Waals surface area contributed by atoms with Gasteiger partial charge in [0.2, 0.25) is 0 Å². The van der Waals surface area contributed by atoms with Gasteiger partial charge in [0, 0.05) is 12.3 Å². The Hall–Kier alpha value is -1.83. The van der Waals surface area contributed by atoms with Gasteiger partial charge in [0.1, 0.15) is 11.3 Å². The molecule has 0 bridgehead atoms. The van der Waals surface area contributed by atoms with Crippen LogP contribution in [0.2, 0.25) is 5.02 Å². The molecule has 5 N–H and O–H groups in total. The normalized spacial score (nSPS) is 21.1. The number of aromatic amines is 1. The number of halogens is 1.